The molecule has 0 spiro atoms. The summed E-state index contributed by atoms with van der Waals surface area (Å²) in [6, 6.07) is 6.43. The van der Waals surface area contributed by atoms with Gasteiger partial charge in [-0.05, 0) is 30.5 Å². The summed E-state index contributed by atoms with van der Waals surface area (Å²) in [4.78, 5) is 10.5. The molecule has 16 heavy (non-hydrogen) atoms. The minimum atomic E-state index is -1.21. The molecule has 0 aliphatic heterocycles. The minimum Gasteiger partial charge on any atom is -0.480 e. The van der Waals surface area contributed by atoms with E-state index in [0.29, 0.717) is 12.8 Å². The molecule has 4 N–H and O–H groups in total. The van der Waals surface area contributed by atoms with Crippen molar-refractivity contribution in [1.82, 2.24) is 0 Å². The number of benzene rings is 1. The van der Waals surface area contributed by atoms with Crippen LogP contribution in [0.4, 0.5) is 0 Å². The van der Waals surface area contributed by atoms with Crippen LogP contribution in [0.25, 0.3) is 0 Å². The van der Waals surface area contributed by atoms with Crippen molar-refractivity contribution in [3.05, 3.63) is 34.3 Å². The first kappa shape index (κ1) is 13.2. The third-order valence-electron chi connectivity index (χ3n) is 2.34. The molecule has 0 radical (unpaired) electrons. The number of rotatable bonds is 5. The molecular formula is C11H14BrNO3. The molecule has 1 aromatic carbocycles. The van der Waals surface area contributed by atoms with Gasteiger partial charge in [0.1, 0.15) is 6.04 Å². The number of aliphatic hydroxyl groups excluding tert-OH is 1. The maximum Gasteiger partial charge on any atom is 0.323 e. The van der Waals surface area contributed by atoms with E-state index in [0.717, 1.165) is 10.0 Å². The summed E-state index contributed by atoms with van der Waals surface area (Å²) >= 11 is 3.32. The number of aliphatic carboxylic acids is 1. The molecule has 1 aromatic rings. The van der Waals surface area contributed by atoms with Gasteiger partial charge in [0.25, 0.3) is 0 Å². The van der Waals surface area contributed by atoms with E-state index in [-0.39, 0.29) is 0 Å². The Hall–Kier alpha value is -0.910. The van der Waals surface area contributed by atoms with E-state index in [9.17, 15) is 9.90 Å². The van der Waals surface area contributed by atoms with E-state index in [1.807, 2.05) is 24.3 Å². The van der Waals surface area contributed by atoms with Gasteiger partial charge in [-0.2, -0.15) is 0 Å². The van der Waals surface area contributed by atoms with Crippen LogP contribution in [0.5, 0.6) is 0 Å². The highest BCUT2D eigenvalue weighted by molar-refractivity contribution is 9.10. The Bertz CT molecular complexity index is 353. The van der Waals surface area contributed by atoms with E-state index >= 15 is 0 Å². The van der Waals surface area contributed by atoms with Crippen molar-refractivity contribution in [2.45, 2.75) is 25.0 Å². The maximum atomic E-state index is 10.5. The van der Waals surface area contributed by atoms with Gasteiger partial charge in [0.2, 0.25) is 0 Å². The largest absolute Gasteiger partial charge is 0.480 e. The molecule has 0 aromatic heterocycles. The highest BCUT2D eigenvalue weighted by Gasteiger charge is 2.21. The van der Waals surface area contributed by atoms with Crippen molar-refractivity contribution in [2.24, 2.45) is 5.73 Å². The number of hydrogen-bond donors (Lipinski definition) is 3. The van der Waals surface area contributed by atoms with Crippen LogP contribution in [0, 0.1) is 0 Å². The monoisotopic (exact) mass is 287 g/mol. The molecule has 0 amide bonds. The fraction of sp³-hybridized carbons (Fsp3) is 0.364. The van der Waals surface area contributed by atoms with Gasteiger partial charge in [-0.25, -0.2) is 0 Å². The third kappa shape index (κ3) is 3.92. The Morgan fingerprint density at radius 1 is 1.38 bits per heavy atom. The number of carboxylic acid groups (broad SMARTS) is 1. The highest BCUT2D eigenvalue weighted by Crippen LogP contribution is 2.13. The SMILES string of the molecule is NC(C(=O)O)C(O)CCc1ccc(Br)cc1. The zero-order chi connectivity index (χ0) is 12.1. The summed E-state index contributed by atoms with van der Waals surface area (Å²) in [5, 5.41) is 18.1. The molecule has 0 saturated heterocycles. The lowest BCUT2D eigenvalue weighted by Crippen LogP contribution is -2.41. The van der Waals surface area contributed by atoms with E-state index in [1.54, 1.807) is 0 Å². The van der Waals surface area contributed by atoms with Crippen LogP contribution in [0.3, 0.4) is 0 Å². The number of carbonyl (C=O) groups is 1. The van der Waals surface area contributed by atoms with Crippen LogP contribution in [-0.2, 0) is 11.2 Å². The van der Waals surface area contributed by atoms with Gasteiger partial charge in [0, 0.05) is 4.47 Å². The zero-order valence-electron chi connectivity index (χ0n) is 8.64. The molecule has 2 unspecified atom stereocenters. The lowest BCUT2D eigenvalue weighted by molar-refractivity contribution is -0.141. The Morgan fingerprint density at radius 3 is 2.44 bits per heavy atom. The summed E-state index contributed by atoms with van der Waals surface area (Å²) in [5.74, 6) is -1.18. The van der Waals surface area contributed by atoms with Gasteiger partial charge < -0.3 is 15.9 Å². The number of aryl methyl sites for hydroxylation is 1. The van der Waals surface area contributed by atoms with Crippen LogP contribution in [0.15, 0.2) is 28.7 Å². The van der Waals surface area contributed by atoms with Crippen molar-refractivity contribution < 1.29 is 15.0 Å². The van der Waals surface area contributed by atoms with Crippen molar-refractivity contribution in [3.8, 4) is 0 Å². The fourth-order valence-electron chi connectivity index (χ4n) is 1.31. The van der Waals surface area contributed by atoms with Gasteiger partial charge in [-0.3, -0.25) is 4.79 Å². The highest BCUT2D eigenvalue weighted by atomic mass is 79.9. The lowest BCUT2D eigenvalue weighted by atomic mass is 10.0. The molecule has 0 aliphatic carbocycles. The average molecular weight is 288 g/mol. The second kappa shape index (κ2) is 5.98. The number of halogens is 1. The number of nitrogens with two attached hydrogens (primary N) is 1. The van der Waals surface area contributed by atoms with Gasteiger partial charge >= 0.3 is 5.97 Å². The normalized spacial score (nSPS) is 14.4. The van der Waals surface area contributed by atoms with Crippen LogP contribution >= 0.6 is 15.9 Å². The average Bonchev–Trinajstić information content (AvgIpc) is 2.26. The number of hydrogen-bond acceptors (Lipinski definition) is 3. The molecule has 88 valence electrons. The predicted molar refractivity (Wildman–Crippen MR) is 64.1 cm³/mol. The molecule has 0 fully saturated rings. The first-order chi connectivity index (χ1) is 7.50. The summed E-state index contributed by atoms with van der Waals surface area (Å²) < 4.78 is 0.985. The van der Waals surface area contributed by atoms with Gasteiger partial charge in [-0.1, -0.05) is 28.1 Å². The van der Waals surface area contributed by atoms with Crippen LogP contribution in [-0.4, -0.2) is 28.3 Å². The van der Waals surface area contributed by atoms with Crippen LogP contribution in [0.1, 0.15) is 12.0 Å². The molecule has 5 heteroatoms. The topological polar surface area (TPSA) is 83.6 Å². The Kier molecular flexibility index (Phi) is 4.92. The minimum absolute atomic E-state index is 0.342. The van der Waals surface area contributed by atoms with E-state index in [4.69, 9.17) is 10.8 Å². The molecule has 0 saturated carbocycles. The summed E-state index contributed by atoms with van der Waals surface area (Å²) in [6.45, 7) is 0. The third-order valence-corrected chi connectivity index (χ3v) is 2.87. The standard InChI is InChI=1S/C11H14BrNO3/c12-8-4-1-7(2-5-8)3-6-9(14)10(13)11(15)16/h1-2,4-5,9-10,14H,3,6,13H2,(H,15,16). The van der Waals surface area contributed by atoms with Crippen molar-refractivity contribution in [3.63, 3.8) is 0 Å². The van der Waals surface area contributed by atoms with Crippen molar-refractivity contribution in [1.29, 1.82) is 0 Å². The summed E-state index contributed by atoms with van der Waals surface area (Å²) in [7, 11) is 0. The molecule has 1 rings (SSSR count). The second-order valence-corrected chi connectivity index (χ2v) is 4.51. The fourth-order valence-corrected chi connectivity index (χ4v) is 1.57. The molecular weight excluding hydrogens is 274 g/mol. The first-order valence-corrected chi connectivity index (χ1v) is 5.71. The van der Waals surface area contributed by atoms with Gasteiger partial charge in [-0.15, -0.1) is 0 Å². The summed E-state index contributed by atoms with van der Waals surface area (Å²) in [5.41, 5.74) is 6.33. The molecule has 0 aliphatic rings. The molecule has 4 nitrogen and oxygen atoms in total. The predicted octanol–water partition coefficient (Wildman–Crippen LogP) is 1.15. The maximum absolute atomic E-state index is 10.5. The Balaban J connectivity index is 2.45. The van der Waals surface area contributed by atoms with Crippen molar-refractivity contribution >= 4 is 21.9 Å². The smallest absolute Gasteiger partial charge is 0.323 e. The second-order valence-electron chi connectivity index (χ2n) is 3.60. The lowest BCUT2D eigenvalue weighted by Gasteiger charge is -2.14. The summed E-state index contributed by atoms with van der Waals surface area (Å²) in [6.07, 6.45) is -0.0639. The van der Waals surface area contributed by atoms with Crippen LogP contribution < -0.4 is 5.73 Å². The molecule has 0 bridgehead atoms. The zero-order valence-corrected chi connectivity index (χ0v) is 10.2. The quantitative estimate of drug-likeness (QED) is 0.759. The van der Waals surface area contributed by atoms with E-state index in [1.165, 1.54) is 0 Å². The van der Waals surface area contributed by atoms with Crippen LogP contribution in [0.2, 0.25) is 0 Å². The molecule has 0 heterocycles. The number of carboxylic acids is 1. The first-order valence-electron chi connectivity index (χ1n) is 4.91. The number of aliphatic hydroxyl groups is 1. The Labute approximate surface area is 102 Å². The Morgan fingerprint density at radius 2 is 1.94 bits per heavy atom. The van der Waals surface area contributed by atoms with E-state index in [2.05, 4.69) is 15.9 Å². The van der Waals surface area contributed by atoms with Crippen molar-refractivity contribution in [2.75, 3.05) is 0 Å². The molecule has 2 atom stereocenters. The van der Waals surface area contributed by atoms with Gasteiger partial charge in [0.15, 0.2) is 0 Å². The van der Waals surface area contributed by atoms with E-state index < -0.39 is 18.1 Å². The van der Waals surface area contributed by atoms with Gasteiger partial charge in [0.05, 0.1) is 6.10 Å².